The van der Waals surface area contributed by atoms with Crippen LogP contribution in [0.25, 0.3) is 16.9 Å². The minimum absolute atomic E-state index is 0.182. The second-order valence-electron chi connectivity index (χ2n) is 6.14. The van der Waals surface area contributed by atoms with Gasteiger partial charge in [-0.25, -0.2) is 4.68 Å². The molecule has 7 nitrogen and oxygen atoms in total. The molecule has 134 valence electrons. The van der Waals surface area contributed by atoms with Crippen LogP contribution < -0.4 is 5.32 Å². The maximum atomic E-state index is 13.0. The number of para-hydroxylation sites is 1. The Balaban J connectivity index is 1.72. The molecule has 4 rings (SSSR count). The minimum Gasteiger partial charge on any atom is -0.345 e. The van der Waals surface area contributed by atoms with Crippen molar-refractivity contribution >= 4 is 5.91 Å². The molecule has 3 heterocycles. The van der Waals surface area contributed by atoms with E-state index in [0.29, 0.717) is 11.3 Å². The van der Waals surface area contributed by atoms with Crippen LogP contribution in [0.1, 0.15) is 28.9 Å². The highest BCUT2D eigenvalue weighted by Crippen LogP contribution is 2.24. The molecule has 0 aliphatic carbocycles. The number of aromatic amines is 1. The zero-order valence-corrected chi connectivity index (χ0v) is 14.7. The van der Waals surface area contributed by atoms with Gasteiger partial charge in [-0.2, -0.15) is 10.2 Å². The van der Waals surface area contributed by atoms with Gasteiger partial charge in [-0.1, -0.05) is 18.2 Å². The summed E-state index contributed by atoms with van der Waals surface area (Å²) in [6, 6.07) is 13.2. The largest absolute Gasteiger partial charge is 0.345 e. The smallest absolute Gasteiger partial charge is 0.255 e. The van der Waals surface area contributed by atoms with Crippen molar-refractivity contribution in [2.75, 3.05) is 0 Å². The van der Waals surface area contributed by atoms with Gasteiger partial charge >= 0.3 is 0 Å². The Bertz CT molecular complexity index is 1030. The first-order valence-corrected chi connectivity index (χ1v) is 8.57. The standard InChI is InChI=1S/C20H18N6O/c1-14(16-11-22-23-12-16)24-20(27)18-13-26(17-7-3-2-4-8-17)25-19(18)15-6-5-9-21-10-15/h2-14H,1H3,(H,22,23)(H,24,27)/t14-/m0/s1. The molecule has 7 heteroatoms. The molecule has 0 spiro atoms. The number of benzene rings is 1. The monoisotopic (exact) mass is 358 g/mol. The second kappa shape index (κ2) is 7.25. The van der Waals surface area contributed by atoms with Crippen molar-refractivity contribution in [2.45, 2.75) is 13.0 Å². The number of hydrogen-bond acceptors (Lipinski definition) is 4. The zero-order chi connectivity index (χ0) is 18.6. The van der Waals surface area contributed by atoms with Crippen LogP contribution in [0.5, 0.6) is 0 Å². The van der Waals surface area contributed by atoms with E-state index in [9.17, 15) is 4.79 Å². The number of aromatic nitrogens is 5. The van der Waals surface area contributed by atoms with Crippen molar-refractivity contribution in [1.82, 2.24) is 30.3 Å². The van der Waals surface area contributed by atoms with Crippen LogP contribution in [-0.2, 0) is 0 Å². The first-order chi connectivity index (χ1) is 13.2. The number of carbonyl (C=O) groups is 1. The molecule has 0 fully saturated rings. The summed E-state index contributed by atoms with van der Waals surface area (Å²) in [5, 5.41) is 14.3. The summed E-state index contributed by atoms with van der Waals surface area (Å²) in [6.07, 6.45) is 8.60. The van der Waals surface area contributed by atoms with Gasteiger partial charge in [0.1, 0.15) is 5.69 Å². The van der Waals surface area contributed by atoms with E-state index in [2.05, 4.69) is 25.6 Å². The summed E-state index contributed by atoms with van der Waals surface area (Å²) in [7, 11) is 0. The number of nitrogens with one attached hydrogen (secondary N) is 2. The highest BCUT2D eigenvalue weighted by Gasteiger charge is 2.20. The van der Waals surface area contributed by atoms with Gasteiger partial charge in [0.2, 0.25) is 0 Å². The molecule has 0 radical (unpaired) electrons. The summed E-state index contributed by atoms with van der Waals surface area (Å²) >= 11 is 0. The van der Waals surface area contributed by atoms with E-state index >= 15 is 0 Å². The summed E-state index contributed by atoms with van der Waals surface area (Å²) in [6.45, 7) is 1.91. The fourth-order valence-corrected chi connectivity index (χ4v) is 2.82. The molecule has 1 amide bonds. The van der Waals surface area contributed by atoms with E-state index in [-0.39, 0.29) is 11.9 Å². The Kier molecular flexibility index (Phi) is 4.49. The SMILES string of the molecule is C[C@H](NC(=O)c1cn(-c2ccccc2)nc1-c1cccnc1)c1cn[nH]c1. The number of carbonyl (C=O) groups excluding carboxylic acids is 1. The third-order valence-electron chi connectivity index (χ3n) is 4.28. The number of rotatable bonds is 5. The number of H-pyrrole nitrogens is 1. The topological polar surface area (TPSA) is 88.5 Å². The average molecular weight is 358 g/mol. The zero-order valence-electron chi connectivity index (χ0n) is 14.7. The van der Waals surface area contributed by atoms with Crippen LogP contribution in [0, 0.1) is 0 Å². The highest BCUT2D eigenvalue weighted by atomic mass is 16.1. The maximum absolute atomic E-state index is 13.0. The third kappa shape index (κ3) is 3.48. The maximum Gasteiger partial charge on any atom is 0.255 e. The second-order valence-corrected chi connectivity index (χ2v) is 6.14. The summed E-state index contributed by atoms with van der Waals surface area (Å²) in [5.41, 5.74) is 3.64. The lowest BCUT2D eigenvalue weighted by Crippen LogP contribution is -2.26. The molecule has 27 heavy (non-hydrogen) atoms. The van der Waals surface area contributed by atoms with E-state index in [1.807, 2.05) is 49.4 Å². The molecule has 4 aromatic rings. The Morgan fingerprint density at radius 2 is 2.00 bits per heavy atom. The van der Waals surface area contributed by atoms with Crippen LogP contribution in [-0.4, -0.2) is 30.9 Å². The van der Waals surface area contributed by atoms with Crippen LogP contribution in [0.2, 0.25) is 0 Å². The van der Waals surface area contributed by atoms with Crippen molar-refractivity contribution in [3.05, 3.63) is 84.6 Å². The normalized spacial score (nSPS) is 11.9. The number of nitrogens with zero attached hydrogens (tertiary/aromatic N) is 4. The molecular formula is C20H18N6O. The Morgan fingerprint density at radius 3 is 2.70 bits per heavy atom. The third-order valence-corrected chi connectivity index (χ3v) is 4.28. The quantitative estimate of drug-likeness (QED) is 0.574. The van der Waals surface area contributed by atoms with Gasteiger partial charge < -0.3 is 5.32 Å². The number of pyridine rings is 1. The van der Waals surface area contributed by atoms with Crippen LogP contribution >= 0.6 is 0 Å². The van der Waals surface area contributed by atoms with Crippen molar-refractivity contribution in [2.24, 2.45) is 0 Å². The highest BCUT2D eigenvalue weighted by molar-refractivity contribution is 6.00. The Hall–Kier alpha value is -3.74. The predicted molar refractivity (Wildman–Crippen MR) is 101 cm³/mol. The molecule has 2 N–H and O–H groups in total. The first kappa shape index (κ1) is 16.7. The van der Waals surface area contributed by atoms with Gasteiger partial charge in [0.05, 0.1) is 23.5 Å². The lowest BCUT2D eigenvalue weighted by Gasteiger charge is -2.11. The van der Waals surface area contributed by atoms with Gasteiger partial charge in [-0.3, -0.25) is 14.9 Å². The van der Waals surface area contributed by atoms with E-state index in [4.69, 9.17) is 0 Å². The summed E-state index contributed by atoms with van der Waals surface area (Å²) in [5.74, 6) is -0.204. The average Bonchev–Trinajstić information content (AvgIpc) is 3.40. The molecule has 0 aliphatic heterocycles. The first-order valence-electron chi connectivity index (χ1n) is 8.57. The van der Waals surface area contributed by atoms with Gasteiger partial charge in [0, 0.05) is 35.9 Å². The molecule has 0 unspecified atom stereocenters. The van der Waals surface area contributed by atoms with E-state index in [1.54, 1.807) is 35.7 Å². The van der Waals surface area contributed by atoms with Gasteiger partial charge in [-0.05, 0) is 31.2 Å². The molecule has 0 aliphatic rings. The number of amides is 1. The fraction of sp³-hybridized carbons (Fsp3) is 0.100. The molecule has 0 saturated heterocycles. The summed E-state index contributed by atoms with van der Waals surface area (Å²) < 4.78 is 1.71. The van der Waals surface area contributed by atoms with Crippen LogP contribution in [0.15, 0.2) is 73.4 Å². The molecule has 0 saturated carbocycles. The van der Waals surface area contributed by atoms with Crippen molar-refractivity contribution < 1.29 is 4.79 Å². The molecule has 1 aromatic carbocycles. The van der Waals surface area contributed by atoms with Gasteiger partial charge in [0.25, 0.3) is 5.91 Å². The lowest BCUT2D eigenvalue weighted by atomic mass is 10.1. The van der Waals surface area contributed by atoms with E-state index < -0.39 is 0 Å². The van der Waals surface area contributed by atoms with Gasteiger partial charge in [-0.15, -0.1) is 0 Å². The van der Waals surface area contributed by atoms with Crippen molar-refractivity contribution in [3.8, 4) is 16.9 Å². The van der Waals surface area contributed by atoms with Crippen LogP contribution in [0.4, 0.5) is 0 Å². The number of hydrogen-bond donors (Lipinski definition) is 2. The fourth-order valence-electron chi connectivity index (χ4n) is 2.82. The molecule has 3 aromatic heterocycles. The predicted octanol–water partition coefficient (Wildman–Crippen LogP) is 3.15. The van der Waals surface area contributed by atoms with Crippen LogP contribution in [0.3, 0.4) is 0 Å². The van der Waals surface area contributed by atoms with Gasteiger partial charge in [0.15, 0.2) is 0 Å². The Labute approximate surface area is 156 Å². The van der Waals surface area contributed by atoms with E-state index in [0.717, 1.165) is 16.8 Å². The lowest BCUT2D eigenvalue weighted by molar-refractivity contribution is 0.0940. The molecular weight excluding hydrogens is 340 g/mol. The van der Waals surface area contributed by atoms with Crippen molar-refractivity contribution in [3.63, 3.8) is 0 Å². The summed E-state index contributed by atoms with van der Waals surface area (Å²) in [4.78, 5) is 17.1. The molecule has 1 atom stereocenters. The minimum atomic E-state index is -0.204. The van der Waals surface area contributed by atoms with E-state index in [1.165, 1.54) is 0 Å². The molecule has 0 bridgehead atoms. The van der Waals surface area contributed by atoms with Crippen molar-refractivity contribution in [1.29, 1.82) is 0 Å². The Morgan fingerprint density at radius 1 is 1.15 bits per heavy atom.